The second-order valence-corrected chi connectivity index (χ2v) is 21.0. The minimum atomic E-state index is -1.59. The number of hydrogen-bond acceptors (Lipinski definition) is 20. The summed E-state index contributed by atoms with van der Waals surface area (Å²) in [5.41, 5.74) is 0.416. The van der Waals surface area contributed by atoms with Gasteiger partial charge in [-0.25, -0.2) is 4.79 Å². The summed E-state index contributed by atoms with van der Waals surface area (Å²) >= 11 is 0. The van der Waals surface area contributed by atoms with Crippen LogP contribution in [-0.2, 0) is 71.2 Å². The highest BCUT2D eigenvalue weighted by molar-refractivity contribution is 5.95. The Kier molecular flexibility index (Phi) is 16.2. The highest BCUT2D eigenvalue weighted by atomic mass is 16.8. The molecule has 8 aliphatic rings. The Labute approximate surface area is 404 Å². The molecule has 5 N–H and O–H groups in total. The zero-order valence-electron chi connectivity index (χ0n) is 41.5. The lowest BCUT2D eigenvalue weighted by Gasteiger charge is -2.56. The molecule has 0 aromatic heterocycles. The van der Waals surface area contributed by atoms with Crippen LogP contribution in [0, 0.1) is 22.7 Å². The van der Waals surface area contributed by atoms with Crippen molar-refractivity contribution in [1.82, 2.24) is 0 Å². The molecular formula is C49H76O20. The van der Waals surface area contributed by atoms with Crippen LogP contribution in [0.1, 0.15) is 92.9 Å². The average molecular weight is 985 g/mol. The first-order valence-corrected chi connectivity index (χ1v) is 24.6. The van der Waals surface area contributed by atoms with Gasteiger partial charge in [-0.3, -0.25) is 4.79 Å². The number of carbonyl (C=O) groups excluding carboxylic acids is 2. The third-order valence-electron chi connectivity index (χ3n) is 16.9. The SMILES string of the molecule is CO[C@H]1C[C@H](O[C@H]2[C@@H](OC)C[C@H](O[C@@H]3CC4=CC[C@H]5C(=O)[C@@](C)(C6=CC(=O)O[C@]6(C)OC)CC[C@@H]5[C@@]4(C)C[C@H]3O)O[C@@H]2C)O[C@@H](C)[C@H]1O[C@H]1C[C@H](OC)[C@H](O[C@@H]2O[C@H](CO)[C@@H](O)[C@H](O)[C@H]2O)[C@@H](C)O1. The van der Waals surface area contributed by atoms with Gasteiger partial charge in [0.25, 0.3) is 0 Å². The molecule has 4 saturated heterocycles. The van der Waals surface area contributed by atoms with Crippen LogP contribution in [-0.4, -0.2) is 195 Å². The number of carbonyl (C=O) groups is 2. The first-order chi connectivity index (χ1) is 32.7. The number of aliphatic hydroxyl groups excluding tert-OH is 5. The van der Waals surface area contributed by atoms with E-state index in [1.807, 2.05) is 20.8 Å². The maximum Gasteiger partial charge on any atom is 0.333 e. The number of ether oxygens (including phenoxy) is 13. The average Bonchev–Trinajstić information content (AvgIpc) is 3.64. The van der Waals surface area contributed by atoms with Crippen molar-refractivity contribution in [2.75, 3.05) is 35.0 Å². The van der Waals surface area contributed by atoms with E-state index in [2.05, 4.69) is 13.0 Å². The van der Waals surface area contributed by atoms with Crippen molar-refractivity contribution in [2.24, 2.45) is 22.7 Å². The van der Waals surface area contributed by atoms with Gasteiger partial charge in [0, 0.05) is 72.2 Å². The Balaban J connectivity index is 0.843. The second kappa shape index (κ2) is 21.0. The molecular weight excluding hydrogens is 909 g/mol. The molecule has 0 unspecified atom stereocenters. The van der Waals surface area contributed by atoms with Gasteiger partial charge in [-0.1, -0.05) is 18.6 Å². The molecule has 0 amide bonds. The highest BCUT2D eigenvalue weighted by Gasteiger charge is 2.61. The summed E-state index contributed by atoms with van der Waals surface area (Å²) in [4.78, 5) is 26.8. The van der Waals surface area contributed by atoms with E-state index < -0.39 is 146 Å². The van der Waals surface area contributed by atoms with Crippen molar-refractivity contribution in [3.8, 4) is 0 Å². The molecule has 3 aliphatic carbocycles. The Morgan fingerprint density at radius 2 is 1.23 bits per heavy atom. The third kappa shape index (κ3) is 10.0. The maximum absolute atomic E-state index is 14.4. The van der Waals surface area contributed by atoms with Crippen molar-refractivity contribution in [3.05, 3.63) is 23.3 Å². The van der Waals surface area contributed by atoms with Crippen molar-refractivity contribution < 1.29 is 96.7 Å². The van der Waals surface area contributed by atoms with Crippen molar-refractivity contribution >= 4 is 11.8 Å². The molecule has 392 valence electrons. The Hall–Kier alpha value is -2.06. The number of allylic oxidation sites excluding steroid dienone is 1. The van der Waals surface area contributed by atoms with Gasteiger partial charge in [-0.2, -0.15) is 0 Å². The monoisotopic (exact) mass is 984 g/mol. The number of aliphatic hydroxyl groups is 5. The first kappa shape index (κ1) is 53.2. The number of methoxy groups -OCH3 is 4. The van der Waals surface area contributed by atoms with E-state index in [0.717, 1.165) is 6.42 Å². The van der Waals surface area contributed by atoms with Gasteiger partial charge in [-0.05, 0) is 71.1 Å². The van der Waals surface area contributed by atoms with Gasteiger partial charge in [0.15, 0.2) is 25.2 Å². The molecule has 0 bridgehead atoms. The summed E-state index contributed by atoms with van der Waals surface area (Å²) in [5.74, 6) is -1.99. The molecule has 24 atom stereocenters. The number of rotatable bonds is 14. The van der Waals surface area contributed by atoms with Crippen molar-refractivity contribution in [2.45, 2.75) is 215 Å². The number of Topliss-reactive ketones (excluding diaryl/α,β-unsaturated/α-hetero) is 1. The summed E-state index contributed by atoms with van der Waals surface area (Å²) in [5, 5.41) is 52.5. The smallest absolute Gasteiger partial charge is 0.333 e. The molecule has 20 nitrogen and oxygen atoms in total. The Morgan fingerprint density at radius 3 is 1.75 bits per heavy atom. The molecule has 6 fully saturated rings. The third-order valence-corrected chi connectivity index (χ3v) is 16.9. The van der Waals surface area contributed by atoms with Crippen LogP contribution in [0.3, 0.4) is 0 Å². The van der Waals surface area contributed by atoms with Crippen LogP contribution in [0.5, 0.6) is 0 Å². The van der Waals surface area contributed by atoms with Gasteiger partial charge in [0.05, 0.1) is 60.9 Å². The maximum atomic E-state index is 14.4. The Morgan fingerprint density at radius 1 is 0.696 bits per heavy atom. The predicted molar refractivity (Wildman–Crippen MR) is 237 cm³/mol. The second-order valence-electron chi connectivity index (χ2n) is 21.0. The van der Waals surface area contributed by atoms with Crippen molar-refractivity contribution in [1.29, 1.82) is 0 Å². The zero-order valence-corrected chi connectivity index (χ0v) is 41.5. The summed E-state index contributed by atoms with van der Waals surface area (Å²) in [6, 6.07) is 0. The Bertz CT molecular complexity index is 1880. The summed E-state index contributed by atoms with van der Waals surface area (Å²) in [6.07, 6.45) is -8.44. The molecule has 8 rings (SSSR count). The van der Waals surface area contributed by atoms with Crippen LogP contribution in [0.4, 0.5) is 0 Å². The summed E-state index contributed by atoms with van der Waals surface area (Å²) in [6.45, 7) is 10.7. The minimum absolute atomic E-state index is 0.0168. The van der Waals surface area contributed by atoms with E-state index >= 15 is 0 Å². The largest absolute Gasteiger partial charge is 0.426 e. The van der Waals surface area contributed by atoms with Crippen LogP contribution in [0.15, 0.2) is 23.3 Å². The predicted octanol–water partition coefficient (Wildman–Crippen LogP) is 1.72. The quantitative estimate of drug-likeness (QED) is 0.123. The topological polar surface area (TPSA) is 255 Å². The van der Waals surface area contributed by atoms with Crippen LogP contribution < -0.4 is 0 Å². The van der Waals surface area contributed by atoms with Crippen LogP contribution in [0.25, 0.3) is 0 Å². The summed E-state index contributed by atoms with van der Waals surface area (Å²) in [7, 11) is 6.20. The zero-order chi connectivity index (χ0) is 49.9. The minimum Gasteiger partial charge on any atom is -0.426 e. The summed E-state index contributed by atoms with van der Waals surface area (Å²) < 4.78 is 79.3. The van der Waals surface area contributed by atoms with Gasteiger partial charge < -0.3 is 87.1 Å². The van der Waals surface area contributed by atoms with E-state index in [9.17, 15) is 35.1 Å². The van der Waals surface area contributed by atoms with Gasteiger partial charge in [-0.15, -0.1) is 0 Å². The van der Waals surface area contributed by atoms with Crippen LogP contribution in [0.2, 0.25) is 0 Å². The van der Waals surface area contributed by atoms with E-state index in [-0.39, 0.29) is 24.0 Å². The molecule has 0 spiro atoms. The molecule has 5 heterocycles. The lowest BCUT2D eigenvalue weighted by atomic mass is 9.49. The number of hydrogen-bond donors (Lipinski definition) is 5. The molecule has 0 aromatic carbocycles. The number of cyclic esters (lactones) is 1. The molecule has 0 radical (unpaired) electrons. The number of fused-ring (bicyclic) bond motifs is 3. The van der Waals surface area contributed by atoms with Gasteiger partial charge >= 0.3 is 5.97 Å². The van der Waals surface area contributed by atoms with Crippen molar-refractivity contribution in [3.63, 3.8) is 0 Å². The number of esters is 1. The molecule has 0 aromatic rings. The van der Waals surface area contributed by atoms with E-state index in [1.165, 1.54) is 25.9 Å². The molecule has 69 heavy (non-hydrogen) atoms. The fourth-order valence-corrected chi connectivity index (χ4v) is 12.8. The molecule has 5 aliphatic heterocycles. The lowest BCUT2D eigenvalue weighted by molar-refractivity contribution is -0.357. The molecule has 20 heteroatoms. The van der Waals surface area contributed by atoms with E-state index in [0.29, 0.717) is 44.1 Å². The van der Waals surface area contributed by atoms with Crippen LogP contribution >= 0.6 is 0 Å². The molecule has 2 saturated carbocycles. The first-order valence-electron chi connectivity index (χ1n) is 24.6. The fraction of sp³-hybridized carbons (Fsp3) is 0.878. The fourth-order valence-electron chi connectivity index (χ4n) is 12.8. The van der Waals surface area contributed by atoms with Gasteiger partial charge in [0.1, 0.15) is 48.5 Å². The normalized spacial score (nSPS) is 50.4. The lowest BCUT2D eigenvalue weighted by Crippen LogP contribution is -2.62. The van der Waals surface area contributed by atoms with Gasteiger partial charge in [0.2, 0.25) is 5.79 Å². The number of ketones is 1. The highest BCUT2D eigenvalue weighted by Crippen LogP contribution is 2.61. The standard InChI is InChI=1S/C49H76O20/c1-22-42(66-37-17-31(58-8)43(23(2)62-37)67-38-18-32(59-9)44(24(3)63-38)68-46-41(55)40(54)39(53)33(21-50)65-46)30(57-7)16-36(61-22)64-29-15-25-11-12-26-27(48(25,5)20-28(29)51)13-14-47(4,45(26)56)34-19-35(52)69-49(34,6)60-10/h11,19,22-24,26-33,36-44,46,50-51,53-55H,12-18,20-21H2,1-10H3/t22-,23+,24-,26-,27+,28-,29-,30+,31+,32+,33-,36+,37+,38+,39-,40+,41-,42-,43-,44-,46+,47-,48+,49+/m1/s1. The van der Waals surface area contributed by atoms with E-state index in [4.69, 9.17) is 61.6 Å². The van der Waals surface area contributed by atoms with E-state index in [1.54, 1.807) is 28.1 Å².